The van der Waals surface area contributed by atoms with Gasteiger partial charge in [0.05, 0.1) is 0 Å². The lowest BCUT2D eigenvalue weighted by atomic mass is 10.7. The number of guanidine groups is 1. The van der Waals surface area contributed by atoms with E-state index >= 15 is 0 Å². The molecule has 0 atom stereocenters. The lowest BCUT2D eigenvalue weighted by molar-refractivity contribution is 0.659. The molecule has 0 heterocycles. The van der Waals surface area contributed by atoms with Gasteiger partial charge in [0.1, 0.15) is 6.29 Å². The predicted octanol–water partition coefficient (Wildman–Crippen LogP) is -1.89. The van der Waals surface area contributed by atoms with Gasteiger partial charge in [-0.05, 0) is 6.92 Å². The summed E-state index contributed by atoms with van der Waals surface area (Å²) in [6.45, 7) is 2.50. The molecule has 0 radical (unpaired) electrons. The minimum atomic E-state index is -0.625. The first kappa shape index (κ1) is 8.19. The van der Waals surface area contributed by atoms with Crippen LogP contribution in [-0.4, -0.2) is 18.8 Å². The van der Waals surface area contributed by atoms with Crippen LogP contribution >= 0.6 is 0 Å². The molecule has 0 amide bonds. The summed E-state index contributed by atoms with van der Waals surface area (Å²) >= 11 is 0. The first-order valence-electron chi connectivity index (χ1n) is 2.74. The van der Waals surface area contributed by atoms with E-state index in [2.05, 4.69) is 10.3 Å². The van der Waals surface area contributed by atoms with E-state index in [1.807, 2.05) is 6.92 Å². The maximum atomic E-state index is 5.26. The second kappa shape index (κ2) is 4.11. The maximum Gasteiger partial charge on any atom is 0.190 e. The number of nitrogens with one attached hydrogen (secondary N) is 1. The normalized spacial score (nSPS) is 12.2. The highest BCUT2D eigenvalue weighted by atomic mass is 15.2. The minimum absolute atomic E-state index is 0.285. The molecule has 5 heteroatoms. The standard InChI is InChI=1S/C4H13N5/c1-2-8-4(7)9-3(5)6/h3H,2,5-6H2,1H3,(H3,7,8,9). The molecule has 0 aromatic carbocycles. The second-order valence-electron chi connectivity index (χ2n) is 1.53. The van der Waals surface area contributed by atoms with Gasteiger partial charge in [0.15, 0.2) is 5.96 Å². The Morgan fingerprint density at radius 3 is 2.56 bits per heavy atom. The summed E-state index contributed by atoms with van der Waals surface area (Å²) in [7, 11) is 0. The molecule has 7 N–H and O–H groups in total. The van der Waals surface area contributed by atoms with Gasteiger partial charge in [0, 0.05) is 6.54 Å². The molecule has 0 spiro atoms. The van der Waals surface area contributed by atoms with Crippen LogP contribution < -0.4 is 22.5 Å². The van der Waals surface area contributed by atoms with Crippen LogP contribution in [0.2, 0.25) is 0 Å². The molecule has 0 unspecified atom stereocenters. The van der Waals surface area contributed by atoms with Gasteiger partial charge in [-0.15, -0.1) is 0 Å². The molecule has 9 heavy (non-hydrogen) atoms. The van der Waals surface area contributed by atoms with E-state index in [-0.39, 0.29) is 5.96 Å². The van der Waals surface area contributed by atoms with E-state index in [0.29, 0.717) is 6.54 Å². The average Bonchev–Trinajstić information content (AvgIpc) is 1.63. The fourth-order valence-corrected chi connectivity index (χ4v) is 0.387. The number of rotatable bonds is 2. The Morgan fingerprint density at radius 2 is 2.22 bits per heavy atom. The van der Waals surface area contributed by atoms with Crippen LogP contribution in [0.3, 0.4) is 0 Å². The molecule has 0 rings (SSSR count). The molecule has 0 aromatic heterocycles. The van der Waals surface area contributed by atoms with Gasteiger partial charge in [0.25, 0.3) is 0 Å². The lowest BCUT2D eigenvalue weighted by Gasteiger charge is -2.07. The van der Waals surface area contributed by atoms with Crippen LogP contribution in [0.5, 0.6) is 0 Å². The van der Waals surface area contributed by atoms with Gasteiger partial charge in [-0.1, -0.05) is 0 Å². The van der Waals surface area contributed by atoms with Crippen LogP contribution in [0.25, 0.3) is 0 Å². The van der Waals surface area contributed by atoms with Crippen molar-refractivity contribution in [2.24, 2.45) is 22.2 Å². The van der Waals surface area contributed by atoms with Gasteiger partial charge in [-0.2, -0.15) is 0 Å². The van der Waals surface area contributed by atoms with Crippen LogP contribution in [0.1, 0.15) is 6.92 Å². The smallest absolute Gasteiger partial charge is 0.190 e. The zero-order valence-electron chi connectivity index (χ0n) is 5.46. The summed E-state index contributed by atoms with van der Waals surface area (Å²) in [5.74, 6) is 0.285. The number of nitrogens with two attached hydrogens (primary N) is 3. The van der Waals surface area contributed by atoms with Gasteiger partial charge < -0.3 is 11.1 Å². The first-order chi connectivity index (χ1) is 4.16. The average molecular weight is 131 g/mol. The van der Waals surface area contributed by atoms with Crippen molar-refractivity contribution in [3.05, 3.63) is 0 Å². The topological polar surface area (TPSA) is 102 Å². The van der Waals surface area contributed by atoms with Gasteiger partial charge in [0.2, 0.25) is 0 Å². The highest BCUT2D eigenvalue weighted by molar-refractivity contribution is 5.77. The van der Waals surface area contributed by atoms with Crippen molar-refractivity contribution in [3.63, 3.8) is 0 Å². The molecular formula is C4H13N5. The molecule has 0 aliphatic rings. The quantitative estimate of drug-likeness (QED) is 0.200. The summed E-state index contributed by atoms with van der Waals surface area (Å²) in [4.78, 5) is 3.79. The molecule has 0 saturated carbocycles. The third kappa shape index (κ3) is 5.05. The Bertz CT molecular complexity index is 97.1. The molecule has 0 bridgehead atoms. The fourth-order valence-electron chi connectivity index (χ4n) is 0.387. The highest BCUT2D eigenvalue weighted by Gasteiger charge is 1.91. The Balaban J connectivity index is 3.49. The van der Waals surface area contributed by atoms with Crippen LogP contribution in [-0.2, 0) is 0 Å². The highest BCUT2D eigenvalue weighted by Crippen LogP contribution is 1.64. The summed E-state index contributed by atoms with van der Waals surface area (Å²) in [5, 5.41) is 2.53. The Labute approximate surface area is 54.3 Å². The van der Waals surface area contributed by atoms with Crippen molar-refractivity contribution in [1.29, 1.82) is 0 Å². The number of nitrogens with zero attached hydrogens (tertiary/aromatic N) is 1. The zero-order chi connectivity index (χ0) is 7.28. The van der Waals surface area contributed by atoms with Crippen molar-refractivity contribution in [2.75, 3.05) is 6.54 Å². The van der Waals surface area contributed by atoms with Gasteiger partial charge in [-0.25, -0.2) is 0 Å². The van der Waals surface area contributed by atoms with E-state index in [9.17, 15) is 0 Å². The summed E-state index contributed by atoms with van der Waals surface area (Å²) in [6.07, 6.45) is -0.625. The molecule has 0 aromatic rings. The third-order valence-electron chi connectivity index (χ3n) is 0.643. The van der Waals surface area contributed by atoms with Crippen molar-refractivity contribution in [1.82, 2.24) is 5.32 Å². The third-order valence-corrected chi connectivity index (χ3v) is 0.643. The molecule has 5 nitrogen and oxygen atoms in total. The lowest BCUT2D eigenvalue weighted by Crippen LogP contribution is -2.51. The van der Waals surface area contributed by atoms with E-state index in [1.165, 1.54) is 0 Å². The molecule has 0 aliphatic heterocycles. The van der Waals surface area contributed by atoms with E-state index in [4.69, 9.17) is 17.2 Å². The molecule has 0 aliphatic carbocycles. The first-order valence-corrected chi connectivity index (χ1v) is 2.74. The number of hydrogen-bond acceptors (Lipinski definition) is 3. The summed E-state index contributed by atoms with van der Waals surface area (Å²) in [5.41, 5.74) is 15.5. The fraction of sp³-hybridized carbons (Fsp3) is 0.750. The van der Waals surface area contributed by atoms with E-state index in [0.717, 1.165) is 0 Å². The van der Waals surface area contributed by atoms with Gasteiger partial charge >= 0.3 is 0 Å². The van der Waals surface area contributed by atoms with Crippen LogP contribution in [0.15, 0.2) is 4.99 Å². The van der Waals surface area contributed by atoms with E-state index in [1.54, 1.807) is 0 Å². The van der Waals surface area contributed by atoms with Crippen molar-refractivity contribution in [2.45, 2.75) is 13.2 Å². The molecule has 54 valence electrons. The minimum Gasteiger partial charge on any atom is -0.370 e. The van der Waals surface area contributed by atoms with Crippen molar-refractivity contribution in [3.8, 4) is 0 Å². The zero-order valence-corrected chi connectivity index (χ0v) is 5.46. The molecule has 0 saturated heterocycles. The van der Waals surface area contributed by atoms with Crippen LogP contribution in [0.4, 0.5) is 0 Å². The molecule has 0 fully saturated rings. The van der Waals surface area contributed by atoms with Gasteiger partial charge in [-0.3, -0.25) is 16.5 Å². The predicted molar refractivity (Wildman–Crippen MR) is 37.5 cm³/mol. The number of aliphatic imine (C=N–C) groups is 1. The summed E-state index contributed by atoms with van der Waals surface area (Å²) < 4.78 is 0. The van der Waals surface area contributed by atoms with Crippen LogP contribution in [0, 0.1) is 0 Å². The van der Waals surface area contributed by atoms with E-state index < -0.39 is 6.29 Å². The Kier molecular flexibility index (Phi) is 3.74. The largest absolute Gasteiger partial charge is 0.370 e. The van der Waals surface area contributed by atoms with Crippen molar-refractivity contribution >= 4 is 5.96 Å². The van der Waals surface area contributed by atoms with Crippen molar-refractivity contribution < 1.29 is 0 Å². The number of hydrogen-bond donors (Lipinski definition) is 4. The SMILES string of the molecule is CCN=C(N)NC(N)N. The molecular weight excluding hydrogens is 118 g/mol. The maximum absolute atomic E-state index is 5.26. The Hall–Kier alpha value is -0.810. The Morgan fingerprint density at radius 1 is 1.67 bits per heavy atom. The summed E-state index contributed by atoms with van der Waals surface area (Å²) in [6, 6.07) is 0. The monoisotopic (exact) mass is 131 g/mol. The second-order valence-corrected chi connectivity index (χ2v) is 1.53.